The number of carbonyl (C=O) groups excluding carboxylic acids is 3. The van der Waals surface area contributed by atoms with Gasteiger partial charge in [0.2, 0.25) is 11.8 Å². The van der Waals surface area contributed by atoms with Crippen LogP contribution in [0.4, 0.5) is 5.69 Å². The summed E-state index contributed by atoms with van der Waals surface area (Å²) in [5.74, 6) is -0.160. The van der Waals surface area contributed by atoms with E-state index in [0.717, 1.165) is 16.5 Å². The number of carbonyl (C=O) groups is 3. The average molecular weight is 540 g/mol. The van der Waals surface area contributed by atoms with Crippen LogP contribution in [-0.4, -0.2) is 41.8 Å². The van der Waals surface area contributed by atoms with E-state index in [2.05, 4.69) is 5.32 Å². The first-order chi connectivity index (χ1) is 17.7. The molecule has 3 amide bonds. The topological polar surface area (TPSA) is 69.7 Å². The van der Waals surface area contributed by atoms with Crippen molar-refractivity contribution in [1.82, 2.24) is 10.2 Å². The highest BCUT2D eigenvalue weighted by molar-refractivity contribution is 6.35. The van der Waals surface area contributed by atoms with Crippen LogP contribution in [0.25, 0.3) is 10.8 Å². The van der Waals surface area contributed by atoms with Crippen LogP contribution in [-0.2, 0) is 16.1 Å². The highest BCUT2D eigenvalue weighted by atomic mass is 35.5. The van der Waals surface area contributed by atoms with Crippen molar-refractivity contribution in [1.29, 1.82) is 0 Å². The fraction of sp³-hybridized carbons (Fsp3) is 0.345. The van der Waals surface area contributed by atoms with Crippen LogP contribution in [0.15, 0.2) is 54.6 Å². The summed E-state index contributed by atoms with van der Waals surface area (Å²) in [5, 5.41) is 5.83. The Morgan fingerprint density at radius 1 is 1.03 bits per heavy atom. The maximum atomic E-state index is 13.4. The summed E-state index contributed by atoms with van der Waals surface area (Å²) in [7, 11) is 0. The van der Waals surface area contributed by atoms with Crippen LogP contribution in [0.2, 0.25) is 10.0 Å². The van der Waals surface area contributed by atoms with Crippen molar-refractivity contribution in [2.24, 2.45) is 5.92 Å². The van der Waals surface area contributed by atoms with Crippen molar-refractivity contribution in [3.05, 3.63) is 75.8 Å². The van der Waals surface area contributed by atoms with Gasteiger partial charge in [-0.1, -0.05) is 67.4 Å². The molecule has 0 aromatic heterocycles. The van der Waals surface area contributed by atoms with E-state index < -0.39 is 6.04 Å². The molecule has 3 aromatic carbocycles. The molecule has 0 radical (unpaired) electrons. The minimum atomic E-state index is -0.690. The third-order valence-corrected chi connectivity index (χ3v) is 7.22. The monoisotopic (exact) mass is 539 g/mol. The Morgan fingerprint density at radius 2 is 1.76 bits per heavy atom. The summed E-state index contributed by atoms with van der Waals surface area (Å²) >= 11 is 12.4. The van der Waals surface area contributed by atoms with E-state index >= 15 is 0 Å². The molecule has 1 heterocycles. The van der Waals surface area contributed by atoms with E-state index in [0.29, 0.717) is 40.7 Å². The van der Waals surface area contributed by atoms with Crippen LogP contribution in [0.1, 0.15) is 49.5 Å². The first kappa shape index (κ1) is 27.0. The summed E-state index contributed by atoms with van der Waals surface area (Å²) < 4.78 is 0. The van der Waals surface area contributed by atoms with Gasteiger partial charge in [0.05, 0.1) is 5.69 Å². The first-order valence-electron chi connectivity index (χ1n) is 12.5. The molecule has 0 fully saturated rings. The molecule has 6 nitrogen and oxygen atoms in total. The number of hydrogen-bond acceptors (Lipinski definition) is 3. The second-order valence-corrected chi connectivity index (χ2v) is 10.7. The molecule has 1 atom stereocenters. The van der Waals surface area contributed by atoms with Gasteiger partial charge < -0.3 is 15.1 Å². The fourth-order valence-corrected chi connectivity index (χ4v) is 5.07. The van der Waals surface area contributed by atoms with E-state index in [1.807, 2.05) is 50.2 Å². The van der Waals surface area contributed by atoms with Crippen molar-refractivity contribution in [3.8, 4) is 0 Å². The van der Waals surface area contributed by atoms with Gasteiger partial charge in [-0.3, -0.25) is 14.4 Å². The molecule has 1 aliphatic heterocycles. The predicted molar refractivity (Wildman–Crippen MR) is 149 cm³/mol. The number of nitrogens with zero attached hydrogens (tertiary/aromatic N) is 2. The maximum Gasteiger partial charge on any atom is 0.258 e. The van der Waals surface area contributed by atoms with Gasteiger partial charge in [0.25, 0.3) is 5.91 Å². The summed E-state index contributed by atoms with van der Waals surface area (Å²) in [4.78, 5) is 42.7. The molecule has 1 unspecified atom stereocenters. The Bertz CT molecular complexity index is 1340. The Labute approximate surface area is 227 Å². The highest BCUT2D eigenvalue weighted by Gasteiger charge is 2.30. The normalized spacial score (nSPS) is 13.4. The van der Waals surface area contributed by atoms with Crippen molar-refractivity contribution in [3.63, 3.8) is 0 Å². The van der Waals surface area contributed by atoms with Gasteiger partial charge in [-0.05, 0) is 54.5 Å². The maximum absolute atomic E-state index is 13.4. The number of rotatable bonds is 10. The molecule has 0 aliphatic carbocycles. The van der Waals surface area contributed by atoms with Gasteiger partial charge in [-0.2, -0.15) is 0 Å². The van der Waals surface area contributed by atoms with Gasteiger partial charge in [-0.15, -0.1) is 0 Å². The summed E-state index contributed by atoms with van der Waals surface area (Å²) in [5.41, 5.74) is 2.27. The van der Waals surface area contributed by atoms with E-state index in [9.17, 15) is 14.4 Å². The smallest absolute Gasteiger partial charge is 0.258 e. The van der Waals surface area contributed by atoms with E-state index in [-0.39, 0.29) is 36.6 Å². The van der Waals surface area contributed by atoms with E-state index in [1.165, 1.54) is 0 Å². The standard InChI is InChI=1S/C29H31Cl2N3O3/c1-18(2)16-32-28(36)19(3)34(17-21-12-13-22(30)15-24(21)31)26(35)11-6-14-33-25-10-5-8-20-7-4-9-23(27(20)25)29(33)37/h4-5,7-10,12-13,15,18-19H,6,11,14,16-17H2,1-3H3,(H,32,36). The molecule has 0 bridgehead atoms. The Morgan fingerprint density at radius 3 is 2.46 bits per heavy atom. The largest absolute Gasteiger partial charge is 0.354 e. The summed E-state index contributed by atoms with van der Waals surface area (Å²) in [6, 6.07) is 16.0. The molecular weight excluding hydrogens is 509 g/mol. The lowest BCUT2D eigenvalue weighted by Crippen LogP contribution is -2.48. The molecule has 4 rings (SSSR count). The number of hydrogen-bond donors (Lipinski definition) is 1. The third kappa shape index (κ3) is 5.91. The van der Waals surface area contributed by atoms with Crippen molar-refractivity contribution >= 4 is 57.4 Å². The quantitative estimate of drug-likeness (QED) is 0.339. The summed E-state index contributed by atoms with van der Waals surface area (Å²) in [6.07, 6.45) is 0.642. The molecule has 0 saturated heterocycles. The third-order valence-electron chi connectivity index (χ3n) is 6.63. The van der Waals surface area contributed by atoms with Gasteiger partial charge in [0, 0.05) is 47.1 Å². The van der Waals surface area contributed by atoms with Gasteiger partial charge in [0.15, 0.2) is 0 Å². The lowest BCUT2D eigenvalue weighted by Gasteiger charge is -2.29. The molecule has 37 heavy (non-hydrogen) atoms. The Balaban J connectivity index is 1.47. The number of halogens is 2. The number of amides is 3. The van der Waals surface area contributed by atoms with Crippen LogP contribution < -0.4 is 10.2 Å². The zero-order valence-corrected chi connectivity index (χ0v) is 22.8. The average Bonchev–Trinajstić information content (AvgIpc) is 3.14. The number of benzene rings is 3. The van der Waals surface area contributed by atoms with Crippen LogP contribution in [0, 0.1) is 5.92 Å². The van der Waals surface area contributed by atoms with Crippen molar-refractivity contribution in [2.75, 3.05) is 18.0 Å². The Hall–Kier alpha value is -3.09. The SMILES string of the molecule is CC(C)CNC(=O)C(C)N(Cc1ccc(Cl)cc1Cl)C(=O)CCCN1C(=O)c2cccc3cccc1c23. The molecule has 1 aliphatic rings. The zero-order chi connectivity index (χ0) is 26.7. The van der Waals surface area contributed by atoms with Gasteiger partial charge in [-0.25, -0.2) is 0 Å². The fourth-order valence-electron chi connectivity index (χ4n) is 4.60. The predicted octanol–water partition coefficient (Wildman–Crippen LogP) is 6.08. The molecule has 194 valence electrons. The lowest BCUT2D eigenvalue weighted by atomic mass is 10.1. The number of nitrogens with one attached hydrogen (secondary N) is 1. The minimum Gasteiger partial charge on any atom is -0.354 e. The van der Waals surface area contributed by atoms with Crippen LogP contribution in [0.3, 0.4) is 0 Å². The molecule has 1 N–H and O–H groups in total. The van der Waals surface area contributed by atoms with Gasteiger partial charge in [0.1, 0.15) is 6.04 Å². The van der Waals surface area contributed by atoms with E-state index in [4.69, 9.17) is 23.2 Å². The first-order valence-corrected chi connectivity index (χ1v) is 13.3. The second-order valence-electron chi connectivity index (χ2n) is 9.81. The molecule has 0 spiro atoms. The van der Waals surface area contributed by atoms with Gasteiger partial charge >= 0.3 is 0 Å². The molecular formula is C29H31Cl2N3O3. The molecule has 3 aromatic rings. The Kier molecular flexibility index (Phi) is 8.40. The minimum absolute atomic E-state index is 0.0505. The van der Waals surface area contributed by atoms with E-state index in [1.54, 1.807) is 34.9 Å². The van der Waals surface area contributed by atoms with Crippen LogP contribution in [0.5, 0.6) is 0 Å². The van der Waals surface area contributed by atoms with Crippen LogP contribution >= 0.6 is 23.2 Å². The van der Waals surface area contributed by atoms with Crippen molar-refractivity contribution in [2.45, 2.75) is 46.2 Å². The summed E-state index contributed by atoms with van der Waals surface area (Å²) in [6.45, 7) is 6.86. The lowest BCUT2D eigenvalue weighted by molar-refractivity contribution is -0.140. The number of anilines is 1. The van der Waals surface area contributed by atoms with Crippen molar-refractivity contribution < 1.29 is 14.4 Å². The highest BCUT2D eigenvalue weighted by Crippen LogP contribution is 2.37. The molecule has 0 saturated carbocycles. The molecule has 8 heteroatoms. The zero-order valence-electron chi connectivity index (χ0n) is 21.3. The second kappa shape index (κ2) is 11.5.